The summed E-state index contributed by atoms with van der Waals surface area (Å²) >= 11 is 1.70. The van der Waals surface area contributed by atoms with Gasteiger partial charge in [-0.1, -0.05) is 5.16 Å². The number of thiophene rings is 1. The topological polar surface area (TPSA) is 188 Å². The average molecular weight is 621 g/mol. The summed E-state index contributed by atoms with van der Waals surface area (Å²) in [5.74, 6) is -4.83. The van der Waals surface area contributed by atoms with Crippen LogP contribution in [-0.4, -0.2) is 79.7 Å². The van der Waals surface area contributed by atoms with Crippen molar-refractivity contribution in [2.45, 2.75) is 51.2 Å². The minimum absolute atomic E-state index is 0.167. The van der Waals surface area contributed by atoms with Crippen LogP contribution in [0.2, 0.25) is 0 Å². The van der Waals surface area contributed by atoms with Gasteiger partial charge in [-0.05, 0) is 79.5 Å². The SMILES string of the molecule is CCOC(=O)C1(Cc2cc(-c3ccc(F)cc3)no2)CCN(Cc2ccsc2)CC1.O=C(O)CC(O)(CC(=O)O)C(=O)O. The number of hydrogen-bond donors (Lipinski definition) is 4. The highest BCUT2D eigenvalue weighted by atomic mass is 32.1. The van der Waals surface area contributed by atoms with E-state index in [1.165, 1.54) is 17.7 Å². The number of carboxylic acids is 3. The molecule has 43 heavy (non-hydrogen) atoms. The third-order valence-electron chi connectivity index (χ3n) is 7.00. The zero-order valence-corrected chi connectivity index (χ0v) is 24.2. The van der Waals surface area contributed by atoms with Crippen LogP contribution in [0.1, 0.15) is 43.9 Å². The summed E-state index contributed by atoms with van der Waals surface area (Å²) < 4.78 is 24.2. The fraction of sp³-hybridized carbons (Fsp3) is 0.414. The first-order chi connectivity index (χ1) is 20.4. The quantitative estimate of drug-likeness (QED) is 0.215. The first kappa shape index (κ1) is 33.4. The van der Waals surface area contributed by atoms with E-state index in [1.807, 2.05) is 13.0 Å². The molecule has 2 aromatic heterocycles. The Labute approximate surface area is 250 Å². The van der Waals surface area contributed by atoms with E-state index in [4.69, 9.17) is 29.7 Å². The van der Waals surface area contributed by atoms with Crippen LogP contribution >= 0.6 is 11.3 Å². The molecule has 4 rings (SSSR count). The van der Waals surface area contributed by atoms with Gasteiger partial charge in [0.15, 0.2) is 5.60 Å². The Morgan fingerprint density at radius 2 is 1.70 bits per heavy atom. The second-order valence-electron chi connectivity index (χ2n) is 10.2. The van der Waals surface area contributed by atoms with Crippen LogP contribution < -0.4 is 0 Å². The van der Waals surface area contributed by atoms with E-state index in [2.05, 4.69) is 26.9 Å². The lowest BCUT2D eigenvalue weighted by molar-refractivity contribution is -0.170. The molecule has 3 heterocycles. The minimum Gasteiger partial charge on any atom is -0.481 e. The summed E-state index contributed by atoms with van der Waals surface area (Å²) in [5.41, 5.74) is -0.623. The summed E-state index contributed by atoms with van der Waals surface area (Å²) in [6.45, 7) is 4.75. The number of carbonyl (C=O) groups is 4. The number of carboxylic acid groups (broad SMARTS) is 3. The van der Waals surface area contributed by atoms with Crippen molar-refractivity contribution in [2.24, 2.45) is 5.41 Å². The number of ether oxygens (including phenoxy) is 1. The van der Waals surface area contributed by atoms with Crippen molar-refractivity contribution in [3.05, 3.63) is 64.3 Å². The Hall–Kier alpha value is -4.14. The molecule has 1 aromatic carbocycles. The molecule has 1 aliphatic rings. The molecule has 0 radical (unpaired) electrons. The third kappa shape index (κ3) is 9.43. The maximum Gasteiger partial charge on any atom is 0.336 e. The normalized spacial score (nSPS) is 14.8. The minimum atomic E-state index is -2.74. The molecule has 0 spiro atoms. The molecule has 3 aromatic rings. The molecule has 0 atom stereocenters. The molecule has 0 saturated carbocycles. The molecular weight excluding hydrogens is 587 g/mol. The number of rotatable bonds is 12. The molecule has 232 valence electrons. The number of carbonyl (C=O) groups excluding carboxylic acids is 1. The number of likely N-dealkylation sites (tertiary alicyclic amines) is 1. The maximum atomic E-state index is 13.2. The fourth-order valence-corrected chi connectivity index (χ4v) is 5.38. The van der Waals surface area contributed by atoms with Crippen LogP contribution in [0.3, 0.4) is 0 Å². The van der Waals surface area contributed by atoms with Crippen molar-refractivity contribution in [3.8, 4) is 11.3 Å². The molecule has 4 N–H and O–H groups in total. The van der Waals surface area contributed by atoms with Crippen LogP contribution in [0.25, 0.3) is 11.3 Å². The monoisotopic (exact) mass is 620 g/mol. The first-order valence-electron chi connectivity index (χ1n) is 13.4. The number of aliphatic carboxylic acids is 3. The predicted molar refractivity (Wildman–Crippen MR) is 151 cm³/mol. The van der Waals surface area contributed by atoms with Gasteiger partial charge in [-0.2, -0.15) is 11.3 Å². The zero-order chi connectivity index (χ0) is 31.6. The maximum absolute atomic E-state index is 13.2. The number of aromatic nitrogens is 1. The molecule has 14 heteroatoms. The molecule has 0 bridgehead atoms. The van der Waals surface area contributed by atoms with E-state index in [-0.39, 0.29) is 11.8 Å². The standard InChI is InChI=1S/C23H25FN2O3S.C6H8O7/c1-2-28-22(27)23(8-10-26(11-9-23)15-17-7-12-30-16-17)14-20-13-21(25-29-20)18-3-5-19(24)6-4-18;7-3(8)1-6(13,5(11)12)2-4(9)10/h3-7,12-13,16H,2,8-11,14-15H2,1H3;13H,1-2H2,(H,7,8)(H,9,10)(H,11,12). The van der Waals surface area contributed by atoms with Gasteiger partial charge >= 0.3 is 23.9 Å². The molecular formula is C29H33FN2O10S. The Balaban J connectivity index is 0.000000331. The number of halogens is 1. The summed E-state index contributed by atoms with van der Waals surface area (Å²) in [6.07, 6.45) is -0.416. The summed E-state index contributed by atoms with van der Waals surface area (Å²) in [4.78, 5) is 45.8. The van der Waals surface area contributed by atoms with Gasteiger partial charge in [0.2, 0.25) is 0 Å². The van der Waals surface area contributed by atoms with Crippen LogP contribution in [0.5, 0.6) is 0 Å². The summed E-state index contributed by atoms with van der Waals surface area (Å²) in [6, 6.07) is 10.1. The van der Waals surface area contributed by atoms with Gasteiger partial charge in [-0.15, -0.1) is 0 Å². The van der Waals surface area contributed by atoms with Gasteiger partial charge in [0.05, 0.1) is 24.9 Å². The van der Waals surface area contributed by atoms with Crippen LogP contribution in [0, 0.1) is 11.2 Å². The lowest BCUT2D eigenvalue weighted by Crippen LogP contribution is -2.46. The molecule has 12 nitrogen and oxygen atoms in total. The molecule has 1 aliphatic heterocycles. The van der Waals surface area contributed by atoms with E-state index >= 15 is 0 Å². The van der Waals surface area contributed by atoms with Crippen molar-refractivity contribution < 1.29 is 53.3 Å². The average Bonchev–Trinajstić information content (AvgIpc) is 3.62. The highest BCUT2D eigenvalue weighted by molar-refractivity contribution is 7.07. The van der Waals surface area contributed by atoms with Crippen molar-refractivity contribution in [3.63, 3.8) is 0 Å². The Bertz CT molecular complexity index is 1370. The number of aliphatic hydroxyl groups is 1. The number of esters is 1. The number of hydrogen-bond acceptors (Lipinski definition) is 10. The van der Waals surface area contributed by atoms with Gasteiger partial charge in [-0.3, -0.25) is 19.3 Å². The van der Waals surface area contributed by atoms with E-state index in [9.17, 15) is 23.6 Å². The van der Waals surface area contributed by atoms with Crippen molar-refractivity contribution in [1.29, 1.82) is 0 Å². The molecule has 1 fully saturated rings. The largest absolute Gasteiger partial charge is 0.481 e. The van der Waals surface area contributed by atoms with E-state index in [1.54, 1.807) is 23.5 Å². The lowest BCUT2D eigenvalue weighted by Gasteiger charge is -2.39. The van der Waals surface area contributed by atoms with E-state index in [0.717, 1.165) is 25.2 Å². The third-order valence-corrected chi connectivity index (χ3v) is 7.74. The predicted octanol–water partition coefficient (Wildman–Crippen LogP) is 3.68. The highest BCUT2D eigenvalue weighted by Gasteiger charge is 2.44. The Kier molecular flexibility index (Phi) is 11.5. The van der Waals surface area contributed by atoms with Crippen molar-refractivity contribution in [1.82, 2.24) is 10.1 Å². The molecule has 0 amide bonds. The van der Waals surface area contributed by atoms with Gasteiger partial charge in [0.1, 0.15) is 17.3 Å². The van der Waals surface area contributed by atoms with Crippen LogP contribution in [-0.2, 0) is 36.9 Å². The fourth-order valence-electron chi connectivity index (χ4n) is 4.72. The first-order valence-corrected chi connectivity index (χ1v) is 14.3. The van der Waals surface area contributed by atoms with Crippen molar-refractivity contribution >= 4 is 35.2 Å². The smallest absolute Gasteiger partial charge is 0.336 e. The van der Waals surface area contributed by atoms with Crippen molar-refractivity contribution in [2.75, 3.05) is 19.7 Å². The van der Waals surface area contributed by atoms with Gasteiger partial charge in [-0.25, -0.2) is 9.18 Å². The zero-order valence-electron chi connectivity index (χ0n) is 23.4. The molecule has 1 saturated heterocycles. The van der Waals surface area contributed by atoms with Gasteiger partial charge in [0.25, 0.3) is 0 Å². The second-order valence-corrected chi connectivity index (χ2v) is 11.0. The van der Waals surface area contributed by atoms with Gasteiger partial charge in [0, 0.05) is 24.6 Å². The summed E-state index contributed by atoms with van der Waals surface area (Å²) in [7, 11) is 0. The Morgan fingerprint density at radius 1 is 1.07 bits per heavy atom. The second kappa shape index (κ2) is 14.8. The van der Waals surface area contributed by atoms with E-state index < -0.39 is 41.8 Å². The van der Waals surface area contributed by atoms with Crippen LogP contribution in [0.4, 0.5) is 4.39 Å². The number of benzene rings is 1. The number of piperidine rings is 1. The van der Waals surface area contributed by atoms with E-state index in [0.29, 0.717) is 37.3 Å². The summed E-state index contributed by atoms with van der Waals surface area (Å²) in [5, 5.41) is 42.2. The number of nitrogens with zero attached hydrogens (tertiary/aromatic N) is 2. The highest BCUT2D eigenvalue weighted by Crippen LogP contribution is 2.38. The Morgan fingerprint density at radius 3 is 2.21 bits per heavy atom. The molecule has 0 unspecified atom stereocenters. The van der Waals surface area contributed by atoms with Crippen LogP contribution in [0.15, 0.2) is 51.7 Å². The molecule has 0 aliphatic carbocycles. The van der Waals surface area contributed by atoms with Gasteiger partial charge < -0.3 is 29.7 Å². The lowest BCUT2D eigenvalue weighted by atomic mass is 9.75.